The van der Waals surface area contributed by atoms with Crippen LogP contribution in [-0.2, 0) is 18.4 Å². The molecule has 0 aliphatic heterocycles. The van der Waals surface area contributed by atoms with Crippen LogP contribution in [0.5, 0.6) is 0 Å². The Morgan fingerprint density at radius 3 is 1.41 bits per heavy atom. The summed E-state index contributed by atoms with van der Waals surface area (Å²) in [5.74, 6) is -0.157. The maximum absolute atomic E-state index is 12.9. The van der Waals surface area contributed by atoms with Crippen LogP contribution in [-0.4, -0.2) is 73.4 Å². The number of carbonyl (C=O) groups excluding carboxylic acids is 1. The SMILES string of the molecule is CCC/C=C\C/C=C\CCCCCCCC(=O)NC(COP(=O)(O)OCC[N+](C)(C)C)C(O)CCCCCCCCCCCCCCCCCCCCCCCCCCCC. The third-order valence-corrected chi connectivity index (χ3v) is 12.9. The molecule has 0 aromatic rings. The fraction of sp³-hybridized carbons (Fsp3) is 0.904. The first-order valence-electron chi connectivity index (χ1n) is 26.2. The maximum atomic E-state index is 12.9. The molecule has 0 aromatic carbocycles. The molecule has 0 rings (SSSR count). The van der Waals surface area contributed by atoms with Gasteiger partial charge in [-0.05, 0) is 38.5 Å². The highest BCUT2D eigenvalue weighted by Gasteiger charge is 2.28. The fourth-order valence-electron chi connectivity index (χ4n) is 7.79. The van der Waals surface area contributed by atoms with Crippen LogP contribution in [0.1, 0.15) is 251 Å². The minimum atomic E-state index is -4.32. The van der Waals surface area contributed by atoms with E-state index in [1.807, 2.05) is 21.1 Å². The van der Waals surface area contributed by atoms with Crippen LogP contribution in [0.25, 0.3) is 0 Å². The number of likely N-dealkylation sites (N-methyl/N-ethyl adjacent to an activating group) is 1. The molecule has 0 saturated carbocycles. The quantitative estimate of drug-likeness (QED) is 0.0243. The average Bonchev–Trinajstić information content (AvgIpc) is 3.21. The van der Waals surface area contributed by atoms with Crippen molar-refractivity contribution in [3.05, 3.63) is 24.3 Å². The summed E-state index contributed by atoms with van der Waals surface area (Å²) >= 11 is 0. The second kappa shape index (κ2) is 44.2. The number of phosphoric ester groups is 1. The minimum Gasteiger partial charge on any atom is -0.391 e. The number of aliphatic hydroxyl groups is 1. The molecular formula is C52H104N2O6P+. The molecule has 8 nitrogen and oxygen atoms in total. The van der Waals surface area contributed by atoms with Crippen molar-refractivity contribution in [2.75, 3.05) is 40.9 Å². The van der Waals surface area contributed by atoms with Crippen LogP contribution in [0, 0.1) is 0 Å². The molecule has 0 aliphatic carbocycles. The molecule has 0 spiro atoms. The summed E-state index contributed by atoms with van der Waals surface area (Å²) in [5.41, 5.74) is 0. The first-order valence-corrected chi connectivity index (χ1v) is 27.7. The van der Waals surface area contributed by atoms with Crippen molar-refractivity contribution >= 4 is 13.7 Å². The van der Waals surface area contributed by atoms with Gasteiger partial charge in [0.2, 0.25) is 5.91 Å². The van der Waals surface area contributed by atoms with Crippen LogP contribution in [0.2, 0.25) is 0 Å². The number of rotatable bonds is 48. The van der Waals surface area contributed by atoms with Crippen molar-refractivity contribution in [3.8, 4) is 0 Å². The molecule has 1 amide bonds. The van der Waals surface area contributed by atoms with Crippen molar-refractivity contribution in [2.24, 2.45) is 0 Å². The maximum Gasteiger partial charge on any atom is 0.472 e. The third kappa shape index (κ3) is 46.8. The predicted octanol–water partition coefficient (Wildman–Crippen LogP) is 15.3. The molecule has 3 unspecified atom stereocenters. The van der Waals surface area contributed by atoms with E-state index in [1.165, 1.54) is 154 Å². The first-order chi connectivity index (χ1) is 29.5. The summed E-state index contributed by atoms with van der Waals surface area (Å²) in [7, 11) is 1.61. The molecule has 0 saturated heterocycles. The molecule has 0 aliphatic rings. The van der Waals surface area contributed by atoms with Crippen LogP contribution in [0.3, 0.4) is 0 Å². The molecule has 61 heavy (non-hydrogen) atoms. The van der Waals surface area contributed by atoms with E-state index in [0.29, 0.717) is 23.9 Å². The largest absolute Gasteiger partial charge is 0.472 e. The Labute approximate surface area is 379 Å². The van der Waals surface area contributed by atoms with Crippen LogP contribution >= 0.6 is 7.82 Å². The lowest BCUT2D eigenvalue weighted by Crippen LogP contribution is -2.46. The molecule has 362 valence electrons. The van der Waals surface area contributed by atoms with Gasteiger partial charge >= 0.3 is 7.82 Å². The molecule has 0 radical (unpaired) electrons. The first kappa shape index (κ1) is 60.0. The fourth-order valence-corrected chi connectivity index (χ4v) is 8.53. The highest BCUT2D eigenvalue weighted by Crippen LogP contribution is 2.43. The highest BCUT2D eigenvalue weighted by molar-refractivity contribution is 7.47. The van der Waals surface area contributed by atoms with Gasteiger partial charge in [0.05, 0.1) is 39.9 Å². The Morgan fingerprint density at radius 2 is 0.967 bits per heavy atom. The lowest BCUT2D eigenvalue weighted by molar-refractivity contribution is -0.870. The van der Waals surface area contributed by atoms with Gasteiger partial charge in [-0.1, -0.05) is 231 Å². The van der Waals surface area contributed by atoms with E-state index in [9.17, 15) is 19.4 Å². The molecule has 3 N–H and O–H groups in total. The predicted molar refractivity (Wildman–Crippen MR) is 263 cm³/mol. The van der Waals surface area contributed by atoms with E-state index < -0.39 is 20.0 Å². The summed E-state index contributed by atoms with van der Waals surface area (Å²) in [6, 6.07) is -0.766. The monoisotopic (exact) mass is 884 g/mol. The van der Waals surface area contributed by atoms with E-state index in [1.54, 1.807) is 0 Å². The Kier molecular flexibility index (Phi) is 43.5. The van der Waals surface area contributed by atoms with Crippen LogP contribution in [0.15, 0.2) is 24.3 Å². The highest BCUT2D eigenvalue weighted by atomic mass is 31.2. The normalized spacial score (nSPS) is 14.3. The van der Waals surface area contributed by atoms with Gasteiger partial charge in [-0.25, -0.2) is 4.57 Å². The van der Waals surface area contributed by atoms with Crippen LogP contribution < -0.4 is 5.32 Å². The second-order valence-corrected chi connectivity index (χ2v) is 20.7. The number of hydrogen-bond acceptors (Lipinski definition) is 5. The van der Waals surface area contributed by atoms with E-state index in [0.717, 1.165) is 70.6 Å². The summed E-state index contributed by atoms with van der Waals surface area (Å²) in [5, 5.41) is 14.0. The van der Waals surface area contributed by atoms with E-state index in [4.69, 9.17) is 9.05 Å². The van der Waals surface area contributed by atoms with E-state index >= 15 is 0 Å². The van der Waals surface area contributed by atoms with Gasteiger partial charge in [0.25, 0.3) is 0 Å². The summed E-state index contributed by atoms with van der Waals surface area (Å²) < 4.78 is 23.7. The Hall–Kier alpha value is -1.02. The molecule has 9 heteroatoms. The Morgan fingerprint density at radius 1 is 0.557 bits per heavy atom. The third-order valence-electron chi connectivity index (χ3n) is 11.9. The zero-order chi connectivity index (χ0) is 45.0. The van der Waals surface area contributed by atoms with Gasteiger partial charge < -0.3 is 19.8 Å². The number of aliphatic hydroxyl groups excluding tert-OH is 1. The average molecular weight is 884 g/mol. The van der Waals surface area contributed by atoms with Gasteiger partial charge in [-0.15, -0.1) is 0 Å². The number of unbranched alkanes of at least 4 members (excludes halogenated alkanes) is 31. The van der Waals surface area contributed by atoms with E-state index in [2.05, 4.69) is 43.5 Å². The van der Waals surface area contributed by atoms with Crippen molar-refractivity contribution in [3.63, 3.8) is 0 Å². The number of quaternary nitrogens is 1. The van der Waals surface area contributed by atoms with Crippen molar-refractivity contribution in [2.45, 2.75) is 264 Å². The number of hydrogen-bond donors (Lipinski definition) is 3. The second-order valence-electron chi connectivity index (χ2n) is 19.3. The molecule has 3 atom stereocenters. The van der Waals surface area contributed by atoms with Gasteiger partial charge in [0.15, 0.2) is 0 Å². The summed E-state index contributed by atoms with van der Waals surface area (Å²) in [6.07, 6.45) is 53.7. The molecule has 0 aromatic heterocycles. The number of phosphoric acid groups is 1. The number of nitrogens with one attached hydrogen (secondary N) is 1. The number of amides is 1. The van der Waals surface area contributed by atoms with Crippen molar-refractivity contribution < 1.29 is 32.9 Å². The standard InChI is InChI=1S/C52H103N2O6P/c1-6-8-10-12-14-16-18-20-21-22-23-24-25-26-27-28-29-30-31-32-34-35-37-39-41-43-45-51(55)50(49-60-61(57,58)59-48-47-54(3,4)5)53-52(56)46-44-42-40-38-36-33-19-17-15-13-11-9-7-2/h11,13,17,19,50-51,55H,6-10,12,14-16,18,20-49H2,1-5H3,(H-,53,56,57,58)/p+1/b13-11-,19-17-. The van der Waals surface area contributed by atoms with Crippen LogP contribution in [0.4, 0.5) is 0 Å². The zero-order valence-corrected chi connectivity index (χ0v) is 42.1. The Balaban J connectivity index is 4.13. The summed E-state index contributed by atoms with van der Waals surface area (Å²) in [6.45, 7) is 4.83. The number of nitrogens with zero attached hydrogens (tertiary/aromatic N) is 1. The molecule has 0 bridgehead atoms. The number of allylic oxidation sites excluding steroid dienone is 4. The van der Waals surface area contributed by atoms with Gasteiger partial charge in [-0.2, -0.15) is 0 Å². The van der Waals surface area contributed by atoms with Crippen molar-refractivity contribution in [1.82, 2.24) is 5.32 Å². The topological polar surface area (TPSA) is 105 Å². The Bertz CT molecular complexity index is 1050. The lowest BCUT2D eigenvalue weighted by Gasteiger charge is -2.26. The molecular weight excluding hydrogens is 780 g/mol. The van der Waals surface area contributed by atoms with Crippen molar-refractivity contribution in [1.29, 1.82) is 0 Å². The lowest BCUT2D eigenvalue weighted by atomic mass is 10.0. The summed E-state index contributed by atoms with van der Waals surface area (Å²) in [4.78, 5) is 23.2. The smallest absolute Gasteiger partial charge is 0.391 e. The van der Waals surface area contributed by atoms with Gasteiger partial charge in [-0.3, -0.25) is 13.8 Å². The minimum absolute atomic E-state index is 0.0725. The van der Waals surface area contributed by atoms with E-state index in [-0.39, 0.29) is 19.1 Å². The number of carbonyl (C=O) groups is 1. The van der Waals surface area contributed by atoms with Gasteiger partial charge in [0.1, 0.15) is 13.2 Å². The zero-order valence-electron chi connectivity index (χ0n) is 41.2. The van der Waals surface area contributed by atoms with Gasteiger partial charge in [0, 0.05) is 6.42 Å². The molecule has 0 fully saturated rings. The molecule has 0 heterocycles.